The summed E-state index contributed by atoms with van der Waals surface area (Å²) in [6.45, 7) is 6.40. The quantitative estimate of drug-likeness (QED) is 0.745. The monoisotopic (exact) mass is 355 g/mol. The van der Waals surface area contributed by atoms with E-state index in [-0.39, 0.29) is 17.0 Å². The minimum atomic E-state index is -0.0592. The van der Waals surface area contributed by atoms with Gasteiger partial charge >= 0.3 is 0 Å². The third kappa shape index (κ3) is 4.21. The van der Waals surface area contributed by atoms with Gasteiger partial charge in [-0.25, -0.2) is 0 Å². The molecule has 2 aromatic rings. The van der Waals surface area contributed by atoms with E-state index in [0.29, 0.717) is 43.6 Å². The lowest BCUT2D eigenvalue weighted by atomic mass is 9.75. The third-order valence-corrected chi connectivity index (χ3v) is 4.73. The van der Waals surface area contributed by atoms with Gasteiger partial charge in [-0.05, 0) is 29.5 Å². The summed E-state index contributed by atoms with van der Waals surface area (Å²) in [5.41, 5.74) is 2.42. The second kappa shape index (κ2) is 7.44. The molecule has 0 saturated heterocycles. The van der Waals surface area contributed by atoms with Gasteiger partial charge in [-0.2, -0.15) is 0 Å². The van der Waals surface area contributed by atoms with Crippen LogP contribution in [-0.4, -0.2) is 23.3 Å². The maximum absolute atomic E-state index is 12.5. The van der Waals surface area contributed by atoms with Crippen LogP contribution in [0.4, 0.5) is 0 Å². The number of carbonyl (C=O) groups excluding carboxylic acids is 2. The number of aromatic nitrogens is 1. The molecule has 1 aromatic carbocycles. The first kappa shape index (κ1) is 18.4. The van der Waals surface area contributed by atoms with Gasteiger partial charge in [0.15, 0.2) is 11.5 Å². The summed E-state index contributed by atoms with van der Waals surface area (Å²) in [5.74, 6) is 1.69. The van der Waals surface area contributed by atoms with Crippen molar-refractivity contribution in [3.63, 3.8) is 0 Å². The molecule has 0 spiro atoms. The summed E-state index contributed by atoms with van der Waals surface area (Å²) in [6, 6.07) is 7.64. The zero-order chi connectivity index (χ0) is 18.7. The Kier molecular flexibility index (Phi) is 5.25. The molecule has 0 unspecified atom stereocenters. The Balaban J connectivity index is 1.65. The lowest BCUT2D eigenvalue weighted by molar-refractivity contribution is -0.119. The fourth-order valence-electron chi connectivity index (χ4n) is 3.31. The van der Waals surface area contributed by atoms with Crippen molar-refractivity contribution in [1.29, 1.82) is 0 Å². The molecule has 138 valence electrons. The summed E-state index contributed by atoms with van der Waals surface area (Å²) in [7, 11) is 0. The molecule has 0 radical (unpaired) electrons. The Labute approximate surface area is 153 Å². The number of ether oxygens (including phenoxy) is 1. The van der Waals surface area contributed by atoms with E-state index in [2.05, 4.69) is 19.0 Å². The van der Waals surface area contributed by atoms with Crippen LogP contribution in [0.5, 0.6) is 5.75 Å². The molecule has 5 heteroatoms. The van der Waals surface area contributed by atoms with E-state index in [1.807, 2.05) is 31.2 Å². The highest BCUT2D eigenvalue weighted by Gasteiger charge is 2.35. The van der Waals surface area contributed by atoms with Crippen molar-refractivity contribution in [2.45, 2.75) is 52.9 Å². The smallest absolute Gasteiger partial charge is 0.168 e. The van der Waals surface area contributed by atoms with E-state index < -0.39 is 0 Å². The van der Waals surface area contributed by atoms with Gasteiger partial charge in [0.1, 0.15) is 11.5 Å². The highest BCUT2D eigenvalue weighted by molar-refractivity contribution is 5.99. The van der Waals surface area contributed by atoms with Gasteiger partial charge < -0.3 is 9.26 Å². The summed E-state index contributed by atoms with van der Waals surface area (Å²) < 4.78 is 11.1. The number of hydrogen-bond donors (Lipinski definition) is 0. The zero-order valence-electron chi connectivity index (χ0n) is 15.6. The van der Waals surface area contributed by atoms with E-state index in [0.717, 1.165) is 23.4 Å². The Hall–Kier alpha value is -2.43. The maximum atomic E-state index is 12.5. The van der Waals surface area contributed by atoms with E-state index in [1.165, 1.54) is 0 Å². The minimum Gasteiger partial charge on any atom is -0.493 e. The molecule has 0 fully saturated rings. The second-order valence-electron chi connectivity index (χ2n) is 7.68. The largest absolute Gasteiger partial charge is 0.493 e. The third-order valence-electron chi connectivity index (χ3n) is 4.73. The number of rotatable bonds is 7. The Bertz CT molecular complexity index is 802. The van der Waals surface area contributed by atoms with E-state index in [1.54, 1.807) is 0 Å². The summed E-state index contributed by atoms with van der Waals surface area (Å²) >= 11 is 0. The molecule has 0 amide bonds. The first-order valence-corrected chi connectivity index (χ1v) is 9.12. The van der Waals surface area contributed by atoms with Crippen molar-refractivity contribution in [3.8, 4) is 5.75 Å². The molecule has 1 aliphatic rings. The molecule has 1 aliphatic carbocycles. The molecule has 0 N–H and O–H groups in total. The van der Waals surface area contributed by atoms with Crippen molar-refractivity contribution in [2.75, 3.05) is 6.61 Å². The van der Waals surface area contributed by atoms with Gasteiger partial charge in [-0.1, -0.05) is 38.1 Å². The summed E-state index contributed by atoms with van der Waals surface area (Å²) in [4.78, 5) is 23.8. The van der Waals surface area contributed by atoms with Crippen LogP contribution in [0.2, 0.25) is 0 Å². The van der Waals surface area contributed by atoms with Gasteiger partial charge in [-0.3, -0.25) is 9.59 Å². The fourth-order valence-corrected chi connectivity index (χ4v) is 3.31. The molecule has 1 heterocycles. The van der Waals surface area contributed by atoms with Crippen molar-refractivity contribution in [2.24, 2.45) is 5.41 Å². The zero-order valence-corrected chi connectivity index (χ0v) is 15.6. The van der Waals surface area contributed by atoms with Crippen LogP contribution in [-0.2, 0) is 17.6 Å². The van der Waals surface area contributed by atoms with Crippen molar-refractivity contribution < 1.29 is 18.8 Å². The number of ketones is 2. The van der Waals surface area contributed by atoms with Crippen LogP contribution in [0.3, 0.4) is 0 Å². The van der Waals surface area contributed by atoms with Gasteiger partial charge in [0.25, 0.3) is 0 Å². The van der Waals surface area contributed by atoms with E-state index in [4.69, 9.17) is 9.26 Å². The van der Waals surface area contributed by atoms with Crippen molar-refractivity contribution in [1.82, 2.24) is 5.16 Å². The van der Waals surface area contributed by atoms with Gasteiger partial charge in [0.05, 0.1) is 17.9 Å². The molecular weight excluding hydrogens is 330 g/mol. The van der Waals surface area contributed by atoms with Gasteiger partial charge in [-0.15, -0.1) is 0 Å². The summed E-state index contributed by atoms with van der Waals surface area (Å²) in [5, 5.41) is 4.13. The molecule has 0 saturated carbocycles. The molecular formula is C21H25NO4. The summed E-state index contributed by atoms with van der Waals surface area (Å²) in [6.07, 6.45) is 2.79. The highest BCUT2D eigenvalue weighted by Crippen LogP contribution is 2.36. The van der Waals surface area contributed by atoms with Crippen molar-refractivity contribution in [3.05, 3.63) is 46.8 Å². The van der Waals surface area contributed by atoms with Crippen LogP contribution in [0.1, 0.15) is 67.4 Å². The lowest BCUT2D eigenvalue weighted by Crippen LogP contribution is -2.27. The number of fused-ring (bicyclic) bond motifs is 1. The van der Waals surface area contributed by atoms with Gasteiger partial charge in [0.2, 0.25) is 0 Å². The minimum absolute atomic E-state index is 0.0592. The molecule has 0 atom stereocenters. The van der Waals surface area contributed by atoms with Gasteiger partial charge in [0, 0.05) is 25.7 Å². The molecule has 26 heavy (non-hydrogen) atoms. The number of Topliss-reactive ketones (excluding diaryl/α,β-unsaturated/α-hetero) is 2. The highest BCUT2D eigenvalue weighted by atomic mass is 16.5. The molecule has 0 bridgehead atoms. The lowest BCUT2D eigenvalue weighted by Gasteiger charge is -2.26. The second-order valence-corrected chi connectivity index (χ2v) is 7.68. The standard InChI is InChI=1S/C21H25NO4/c1-4-15(23)9-10-25-16-7-5-14(6-8-16)11-19-20-17(22-26-19)12-21(2,3)13-18(20)24/h5-8H,4,9-13H2,1-3H3. The number of carbonyl (C=O) groups is 2. The molecule has 0 aliphatic heterocycles. The first-order chi connectivity index (χ1) is 12.4. The maximum Gasteiger partial charge on any atom is 0.168 e. The predicted molar refractivity (Wildman–Crippen MR) is 97.6 cm³/mol. The SMILES string of the molecule is CCC(=O)CCOc1ccc(Cc2onc3c2C(=O)CC(C)(C)C3)cc1. The van der Waals surface area contributed by atoms with Crippen LogP contribution >= 0.6 is 0 Å². The number of hydrogen-bond acceptors (Lipinski definition) is 5. The Morgan fingerprint density at radius 1 is 1.23 bits per heavy atom. The topological polar surface area (TPSA) is 69.4 Å². The fraction of sp³-hybridized carbons (Fsp3) is 0.476. The van der Waals surface area contributed by atoms with Crippen LogP contribution < -0.4 is 4.74 Å². The first-order valence-electron chi connectivity index (χ1n) is 9.12. The predicted octanol–water partition coefficient (Wildman–Crippen LogP) is 4.17. The normalized spacial score (nSPS) is 15.6. The van der Waals surface area contributed by atoms with E-state index >= 15 is 0 Å². The van der Waals surface area contributed by atoms with Crippen LogP contribution in [0.25, 0.3) is 0 Å². The van der Waals surface area contributed by atoms with Crippen LogP contribution in [0, 0.1) is 5.41 Å². The average molecular weight is 355 g/mol. The average Bonchev–Trinajstić information content (AvgIpc) is 2.97. The Morgan fingerprint density at radius 2 is 1.96 bits per heavy atom. The molecule has 3 rings (SSSR count). The number of benzene rings is 1. The number of nitrogens with zero attached hydrogens (tertiary/aromatic N) is 1. The van der Waals surface area contributed by atoms with Crippen molar-refractivity contribution >= 4 is 11.6 Å². The van der Waals surface area contributed by atoms with Crippen LogP contribution in [0.15, 0.2) is 28.8 Å². The Morgan fingerprint density at radius 3 is 2.65 bits per heavy atom. The molecule has 1 aromatic heterocycles. The molecule has 5 nitrogen and oxygen atoms in total. The van der Waals surface area contributed by atoms with E-state index in [9.17, 15) is 9.59 Å².